The molecule has 2 aliphatic rings. The Kier molecular flexibility index (Phi) is 4.73. The Morgan fingerprint density at radius 3 is 2.82 bits per heavy atom. The molecular weight excluding hydrogens is 276 g/mol. The minimum absolute atomic E-state index is 0.418. The molecule has 1 aromatic rings. The van der Waals surface area contributed by atoms with E-state index in [1.54, 1.807) is 7.11 Å². The number of aromatic nitrogens is 2. The maximum Gasteiger partial charge on any atom is 0.216 e. The summed E-state index contributed by atoms with van der Waals surface area (Å²) in [6, 6.07) is 1.35. The van der Waals surface area contributed by atoms with Gasteiger partial charge in [0.25, 0.3) is 0 Å². The molecule has 124 valence electrons. The molecule has 0 aliphatic carbocycles. The fourth-order valence-electron chi connectivity index (χ4n) is 4.18. The minimum atomic E-state index is 0.418. The van der Waals surface area contributed by atoms with Crippen molar-refractivity contribution in [2.45, 2.75) is 64.1 Å². The number of aryl methyl sites for hydroxylation is 1. The smallest absolute Gasteiger partial charge is 0.216 e. The Labute approximate surface area is 134 Å². The van der Waals surface area contributed by atoms with Crippen molar-refractivity contribution in [3.05, 3.63) is 11.3 Å². The van der Waals surface area contributed by atoms with Crippen LogP contribution in [0, 0.1) is 0 Å². The third kappa shape index (κ3) is 2.88. The number of rotatable bonds is 5. The van der Waals surface area contributed by atoms with E-state index in [1.807, 2.05) is 11.7 Å². The molecule has 5 heteroatoms. The lowest BCUT2D eigenvalue weighted by molar-refractivity contribution is 0.180. The monoisotopic (exact) mass is 306 g/mol. The first-order valence-corrected chi connectivity index (χ1v) is 8.69. The zero-order valence-electron chi connectivity index (χ0n) is 14.4. The van der Waals surface area contributed by atoms with Crippen LogP contribution in [0.2, 0.25) is 0 Å². The summed E-state index contributed by atoms with van der Waals surface area (Å²) in [6.45, 7) is 7.80. The number of nitrogens with zero attached hydrogens (tertiary/aromatic N) is 3. The highest BCUT2D eigenvalue weighted by molar-refractivity contribution is 5.33. The maximum absolute atomic E-state index is 5.58. The number of nitrogens with one attached hydrogen (secondary N) is 1. The average Bonchev–Trinajstić information content (AvgIpc) is 3.06. The number of piperidine rings is 1. The molecule has 0 spiro atoms. The molecule has 2 aliphatic heterocycles. The number of ether oxygens (including phenoxy) is 1. The molecule has 0 saturated carbocycles. The molecule has 2 atom stereocenters. The van der Waals surface area contributed by atoms with Gasteiger partial charge in [-0.05, 0) is 31.7 Å². The quantitative estimate of drug-likeness (QED) is 0.906. The van der Waals surface area contributed by atoms with Crippen molar-refractivity contribution in [3.63, 3.8) is 0 Å². The Bertz CT molecular complexity index is 511. The first kappa shape index (κ1) is 15.8. The summed E-state index contributed by atoms with van der Waals surface area (Å²) in [6.07, 6.45) is 5.37. The second-order valence-corrected chi connectivity index (χ2v) is 7.03. The van der Waals surface area contributed by atoms with Gasteiger partial charge in [-0.25, -0.2) is 4.68 Å². The van der Waals surface area contributed by atoms with Crippen molar-refractivity contribution in [2.75, 3.05) is 20.2 Å². The molecule has 2 fully saturated rings. The van der Waals surface area contributed by atoms with Crippen molar-refractivity contribution >= 4 is 0 Å². The van der Waals surface area contributed by atoms with Crippen LogP contribution in [-0.4, -0.2) is 47.0 Å². The lowest BCUT2D eigenvalue weighted by Crippen LogP contribution is -2.44. The summed E-state index contributed by atoms with van der Waals surface area (Å²) in [7, 11) is 3.70. The zero-order valence-corrected chi connectivity index (χ0v) is 14.4. The first-order chi connectivity index (χ1) is 10.6. The number of hydrogen-bond acceptors (Lipinski definition) is 4. The van der Waals surface area contributed by atoms with E-state index in [1.165, 1.54) is 44.3 Å². The predicted octanol–water partition coefficient (Wildman–Crippen LogP) is 2.27. The lowest BCUT2D eigenvalue weighted by Gasteiger charge is -2.32. The first-order valence-electron chi connectivity index (χ1n) is 8.69. The van der Waals surface area contributed by atoms with Gasteiger partial charge in [0.1, 0.15) is 0 Å². The van der Waals surface area contributed by atoms with E-state index in [2.05, 4.69) is 29.2 Å². The van der Waals surface area contributed by atoms with Crippen LogP contribution in [0.25, 0.3) is 0 Å². The number of methoxy groups -OCH3 is 1. The molecule has 0 radical (unpaired) electrons. The van der Waals surface area contributed by atoms with Crippen LogP contribution < -0.4 is 10.1 Å². The zero-order chi connectivity index (χ0) is 15.7. The SMILES string of the molecule is COc1c(CN[C@@H]2CCN3CCCC[C@@H]23)c(C(C)C)nn1C. The van der Waals surface area contributed by atoms with Gasteiger partial charge in [0.05, 0.1) is 18.4 Å². The van der Waals surface area contributed by atoms with E-state index < -0.39 is 0 Å². The average molecular weight is 306 g/mol. The molecule has 0 bridgehead atoms. The Morgan fingerprint density at radius 1 is 1.27 bits per heavy atom. The molecule has 0 amide bonds. The maximum atomic E-state index is 5.58. The Hall–Kier alpha value is -1.07. The molecular formula is C17H30N4O. The van der Waals surface area contributed by atoms with Gasteiger partial charge in [0, 0.05) is 32.2 Å². The van der Waals surface area contributed by atoms with E-state index >= 15 is 0 Å². The summed E-state index contributed by atoms with van der Waals surface area (Å²) in [5, 5.41) is 8.45. The van der Waals surface area contributed by atoms with Crippen LogP contribution in [0.1, 0.15) is 56.7 Å². The molecule has 2 saturated heterocycles. The van der Waals surface area contributed by atoms with Gasteiger partial charge in [0.2, 0.25) is 5.88 Å². The molecule has 22 heavy (non-hydrogen) atoms. The van der Waals surface area contributed by atoms with Crippen LogP contribution in [0.3, 0.4) is 0 Å². The second kappa shape index (κ2) is 6.59. The van der Waals surface area contributed by atoms with Crippen LogP contribution in [-0.2, 0) is 13.6 Å². The fourth-order valence-corrected chi connectivity index (χ4v) is 4.18. The molecule has 0 aromatic carbocycles. The highest BCUT2D eigenvalue weighted by Gasteiger charge is 2.35. The normalized spacial score (nSPS) is 25.7. The van der Waals surface area contributed by atoms with Gasteiger partial charge in [-0.2, -0.15) is 5.10 Å². The lowest BCUT2D eigenvalue weighted by atomic mass is 9.98. The minimum Gasteiger partial charge on any atom is -0.481 e. The van der Waals surface area contributed by atoms with Gasteiger partial charge < -0.3 is 10.1 Å². The third-order valence-electron chi connectivity index (χ3n) is 5.26. The van der Waals surface area contributed by atoms with Crippen molar-refractivity contribution in [1.82, 2.24) is 20.0 Å². The van der Waals surface area contributed by atoms with Gasteiger partial charge in [0.15, 0.2) is 0 Å². The Morgan fingerprint density at radius 2 is 2.09 bits per heavy atom. The predicted molar refractivity (Wildman–Crippen MR) is 88.3 cm³/mol. The summed E-state index contributed by atoms with van der Waals surface area (Å²) in [5.41, 5.74) is 2.39. The molecule has 3 heterocycles. The third-order valence-corrected chi connectivity index (χ3v) is 5.26. The van der Waals surface area contributed by atoms with Crippen molar-refractivity contribution < 1.29 is 4.74 Å². The number of hydrogen-bond donors (Lipinski definition) is 1. The highest BCUT2D eigenvalue weighted by Crippen LogP contribution is 2.30. The molecule has 1 N–H and O–H groups in total. The Balaban J connectivity index is 1.71. The second-order valence-electron chi connectivity index (χ2n) is 7.03. The van der Waals surface area contributed by atoms with Gasteiger partial charge in [-0.15, -0.1) is 0 Å². The number of fused-ring (bicyclic) bond motifs is 1. The largest absolute Gasteiger partial charge is 0.481 e. The van der Waals surface area contributed by atoms with E-state index in [0.717, 1.165) is 24.2 Å². The van der Waals surface area contributed by atoms with Gasteiger partial charge in [-0.3, -0.25) is 4.90 Å². The highest BCUT2D eigenvalue weighted by atomic mass is 16.5. The molecule has 0 unspecified atom stereocenters. The van der Waals surface area contributed by atoms with Crippen molar-refractivity contribution in [1.29, 1.82) is 0 Å². The van der Waals surface area contributed by atoms with Crippen LogP contribution in [0.4, 0.5) is 0 Å². The van der Waals surface area contributed by atoms with E-state index in [9.17, 15) is 0 Å². The molecule has 3 rings (SSSR count). The van der Waals surface area contributed by atoms with Gasteiger partial charge in [-0.1, -0.05) is 20.3 Å². The topological polar surface area (TPSA) is 42.3 Å². The molecule has 5 nitrogen and oxygen atoms in total. The van der Waals surface area contributed by atoms with Crippen molar-refractivity contribution in [3.8, 4) is 5.88 Å². The summed E-state index contributed by atoms with van der Waals surface area (Å²) >= 11 is 0. The van der Waals surface area contributed by atoms with Gasteiger partial charge >= 0.3 is 0 Å². The standard InChI is InChI=1S/C17H30N4O/c1-12(2)16-13(17(22-4)20(3)19-16)11-18-14-8-10-21-9-6-5-7-15(14)21/h12,14-15,18H,5-11H2,1-4H3/t14-,15+/m1/s1. The van der Waals surface area contributed by atoms with Crippen LogP contribution >= 0.6 is 0 Å². The van der Waals surface area contributed by atoms with E-state index in [0.29, 0.717) is 12.0 Å². The molecule has 1 aromatic heterocycles. The summed E-state index contributed by atoms with van der Waals surface area (Å²) in [5.74, 6) is 1.32. The van der Waals surface area contributed by atoms with E-state index in [4.69, 9.17) is 4.74 Å². The van der Waals surface area contributed by atoms with E-state index in [-0.39, 0.29) is 0 Å². The van der Waals surface area contributed by atoms with Crippen LogP contribution in [0.5, 0.6) is 5.88 Å². The summed E-state index contributed by atoms with van der Waals surface area (Å²) in [4.78, 5) is 2.67. The van der Waals surface area contributed by atoms with Crippen LogP contribution in [0.15, 0.2) is 0 Å². The van der Waals surface area contributed by atoms with Crippen molar-refractivity contribution in [2.24, 2.45) is 7.05 Å². The fraction of sp³-hybridized carbons (Fsp3) is 0.824. The summed E-state index contributed by atoms with van der Waals surface area (Å²) < 4.78 is 7.45.